The molecule has 0 saturated carbocycles. The van der Waals surface area contributed by atoms with Crippen LogP contribution in [0.25, 0.3) is 0 Å². The van der Waals surface area contributed by atoms with E-state index in [1.807, 2.05) is 12.1 Å². The maximum Gasteiger partial charge on any atom is 0.252 e. The fourth-order valence-electron chi connectivity index (χ4n) is 2.72. The van der Waals surface area contributed by atoms with Gasteiger partial charge in [0.15, 0.2) is 0 Å². The molecule has 0 aliphatic rings. The number of pyridine rings is 1. The summed E-state index contributed by atoms with van der Waals surface area (Å²) >= 11 is 15.6. The van der Waals surface area contributed by atoms with Crippen LogP contribution < -0.4 is 5.32 Å². The van der Waals surface area contributed by atoms with Crippen LogP contribution in [0.2, 0.25) is 10.0 Å². The number of amides is 1. The van der Waals surface area contributed by atoms with Crippen molar-refractivity contribution in [2.75, 3.05) is 0 Å². The maximum atomic E-state index is 12.9. The van der Waals surface area contributed by atoms with Crippen LogP contribution >= 0.6 is 39.1 Å². The lowest BCUT2D eigenvalue weighted by Crippen LogP contribution is -2.30. The van der Waals surface area contributed by atoms with Crippen LogP contribution in [0.4, 0.5) is 0 Å². The van der Waals surface area contributed by atoms with Crippen LogP contribution in [0.3, 0.4) is 0 Å². The number of carbonyl (C=O) groups is 1. The Morgan fingerprint density at radius 1 is 1.14 bits per heavy atom. The Kier molecular flexibility index (Phi) is 6.35. The summed E-state index contributed by atoms with van der Waals surface area (Å²) in [7, 11) is 0. The van der Waals surface area contributed by atoms with E-state index in [1.165, 1.54) is 0 Å². The molecule has 1 N–H and O–H groups in total. The monoisotopic (exact) mass is 473 g/mol. The first-order valence-corrected chi connectivity index (χ1v) is 9.82. The number of nitrogens with one attached hydrogen (secondary N) is 1. The van der Waals surface area contributed by atoms with Gasteiger partial charge >= 0.3 is 0 Å². The van der Waals surface area contributed by atoms with Gasteiger partial charge in [0.25, 0.3) is 5.91 Å². The summed E-state index contributed by atoms with van der Waals surface area (Å²) in [4.78, 5) is 17.3. The average Bonchev–Trinajstić information content (AvgIpc) is 2.69. The van der Waals surface area contributed by atoms with Gasteiger partial charge in [-0.2, -0.15) is 5.26 Å². The van der Waals surface area contributed by atoms with E-state index in [4.69, 9.17) is 28.5 Å². The van der Waals surface area contributed by atoms with Crippen LogP contribution in [0, 0.1) is 18.3 Å². The minimum atomic E-state index is -0.522. The van der Waals surface area contributed by atoms with Gasteiger partial charge in [-0.15, -0.1) is 0 Å². The molecule has 1 heterocycles. The van der Waals surface area contributed by atoms with Crippen molar-refractivity contribution in [2.45, 2.75) is 13.0 Å². The number of aromatic nitrogens is 1. The van der Waals surface area contributed by atoms with Crippen molar-refractivity contribution in [1.29, 1.82) is 5.26 Å². The molecule has 1 aromatic heterocycles. The highest BCUT2D eigenvalue weighted by Crippen LogP contribution is 2.29. The van der Waals surface area contributed by atoms with Crippen LogP contribution in [0.5, 0.6) is 0 Å². The molecule has 28 heavy (non-hydrogen) atoms. The van der Waals surface area contributed by atoms with E-state index in [2.05, 4.69) is 32.3 Å². The third-order valence-corrected chi connectivity index (χ3v) is 5.42. The molecule has 0 radical (unpaired) electrons. The molecule has 0 aliphatic carbocycles. The summed E-state index contributed by atoms with van der Waals surface area (Å²) < 4.78 is 0.832. The molecule has 2 aromatic carbocycles. The molecule has 0 bridgehead atoms. The first-order chi connectivity index (χ1) is 13.4. The molecule has 3 aromatic rings. The molecule has 7 heteroatoms. The summed E-state index contributed by atoms with van der Waals surface area (Å²) in [6.07, 6.45) is 1.66. The third-order valence-electron chi connectivity index (χ3n) is 4.21. The first-order valence-electron chi connectivity index (χ1n) is 8.27. The number of hydrogen-bond acceptors (Lipinski definition) is 3. The molecular formula is C21H14BrCl2N3O. The number of benzene rings is 2. The van der Waals surface area contributed by atoms with E-state index in [9.17, 15) is 4.79 Å². The van der Waals surface area contributed by atoms with Gasteiger partial charge in [0.1, 0.15) is 0 Å². The second kappa shape index (κ2) is 8.74. The Bertz CT molecular complexity index is 1080. The molecule has 4 nitrogen and oxygen atoms in total. The minimum absolute atomic E-state index is 0.284. The standard InChI is InChI=1S/C21H14BrCl2N3O/c1-12-8-14(2-3-15(12)10-25)21(28)27-20(19-7-5-16(22)11-26-19)13-4-6-17(23)18(24)9-13/h2-9,11,20H,1H3,(H,27,28)/t20-/m1/s1. The Morgan fingerprint density at radius 2 is 1.93 bits per heavy atom. The number of nitrogens with zero attached hydrogens (tertiary/aromatic N) is 2. The lowest BCUT2D eigenvalue weighted by atomic mass is 10.0. The zero-order chi connectivity index (χ0) is 20.3. The fourth-order valence-corrected chi connectivity index (χ4v) is 3.26. The average molecular weight is 475 g/mol. The SMILES string of the molecule is Cc1cc(C(=O)N[C@H](c2ccc(Cl)c(Cl)c2)c2ccc(Br)cn2)ccc1C#N. The third kappa shape index (κ3) is 4.53. The molecular weight excluding hydrogens is 461 g/mol. The summed E-state index contributed by atoms with van der Waals surface area (Å²) in [6, 6.07) is 15.4. The van der Waals surface area contributed by atoms with Gasteiger partial charge < -0.3 is 5.32 Å². The highest BCUT2D eigenvalue weighted by molar-refractivity contribution is 9.10. The van der Waals surface area contributed by atoms with Gasteiger partial charge in [-0.1, -0.05) is 29.3 Å². The van der Waals surface area contributed by atoms with Crippen molar-refractivity contribution >= 4 is 45.0 Å². The Labute approximate surface area is 181 Å². The molecule has 1 amide bonds. The van der Waals surface area contributed by atoms with Crippen molar-refractivity contribution in [1.82, 2.24) is 10.3 Å². The van der Waals surface area contributed by atoms with E-state index >= 15 is 0 Å². The van der Waals surface area contributed by atoms with Crippen LogP contribution in [-0.2, 0) is 0 Å². The highest BCUT2D eigenvalue weighted by Gasteiger charge is 2.20. The Hall–Kier alpha value is -2.39. The van der Waals surface area contributed by atoms with Gasteiger partial charge in [0.2, 0.25) is 0 Å². The normalized spacial score (nSPS) is 11.5. The molecule has 3 rings (SSSR count). The van der Waals surface area contributed by atoms with E-state index < -0.39 is 6.04 Å². The summed E-state index contributed by atoms with van der Waals surface area (Å²) in [5.74, 6) is -0.284. The molecule has 0 aliphatic heterocycles. The Balaban J connectivity index is 1.98. The molecule has 0 spiro atoms. The second-order valence-electron chi connectivity index (χ2n) is 6.12. The summed E-state index contributed by atoms with van der Waals surface area (Å²) in [5, 5.41) is 12.9. The van der Waals surface area contributed by atoms with Gasteiger partial charge in [0.05, 0.1) is 33.4 Å². The van der Waals surface area contributed by atoms with Crippen molar-refractivity contribution in [3.63, 3.8) is 0 Å². The van der Waals surface area contributed by atoms with E-state index in [0.717, 1.165) is 15.6 Å². The Morgan fingerprint density at radius 3 is 2.54 bits per heavy atom. The van der Waals surface area contributed by atoms with E-state index in [-0.39, 0.29) is 5.91 Å². The molecule has 0 saturated heterocycles. The number of aryl methyl sites for hydroxylation is 1. The highest BCUT2D eigenvalue weighted by atomic mass is 79.9. The lowest BCUT2D eigenvalue weighted by molar-refractivity contribution is 0.0942. The largest absolute Gasteiger partial charge is 0.340 e. The van der Waals surface area contributed by atoms with Gasteiger partial charge in [-0.3, -0.25) is 9.78 Å². The number of halogens is 3. The topological polar surface area (TPSA) is 65.8 Å². The van der Waals surface area contributed by atoms with E-state index in [1.54, 1.807) is 49.5 Å². The summed E-state index contributed by atoms with van der Waals surface area (Å²) in [6.45, 7) is 1.79. The van der Waals surface area contributed by atoms with Gasteiger partial charge in [-0.05, 0) is 76.4 Å². The van der Waals surface area contributed by atoms with Gasteiger partial charge in [0, 0.05) is 16.2 Å². The number of hydrogen-bond donors (Lipinski definition) is 1. The van der Waals surface area contributed by atoms with Crippen LogP contribution in [-0.4, -0.2) is 10.9 Å². The molecule has 140 valence electrons. The predicted octanol–water partition coefficient (Wildman–Crippen LogP) is 5.85. The molecule has 0 fully saturated rings. The smallest absolute Gasteiger partial charge is 0.252 e. The quantitative estimate of drug-likeness (QED) is 0.515. The fraction of sp³-hybridized carbons (Fsp3) is 0.0952. The van der Waals surface area contributed by atoms with Crippen LogP contribution in [0.15, 0.2) is 59.2 Å². The van der Waals surface area contributed by atoms with Crippen molar-refractivity contribution in [2.24, 2.45) is 0 Å². The van der Waals surface area contributed by atoms with E-state index in [0.29, 0.717) is 26.9 Å². The van der Waals surface area contributed by atoms with Crippen LogP contribution in [0.1, 0.15) is 38.8 Å². The molecule has 0 unspecified atom stereocenters. The predicted molar refractivity (Wildman–Crippen MR) is 114 cm³/mol. The van der Waals surface area contributed by atoms with Crippen molar-refractivity contribution in [3.8, 4) is 6.07 Å². The van der Waals surface area contributed by atoms with Gasteiger partial charge in [-0.25, -0.2) is 0 Å². The molecule has 1 atom stereocenters. The lowest BCUT2D eigenvalue weighted by Gasteiger charge is -2.20. The van der Waals surface area contributed by atoms with Crippen molar-refractivity contribution < 1.29 is 4.79 Å². The van der Waals surface area contributed by atoms with Crippen molar-refractivity contribution in [3.05, 3.63) is 97.2 Å². The first kappa shape index (κ1) is 20.3. The zero-order valence-electron chi connectivity index (χ0n) is 14.7. The minimum Gasteiger partial charge on any atom is -0.340 e. The number of nitriles is 1. The zero-order valence-corrected chi connectivity index (χ0v) is 17.8. The number of carbonyl (C=O) groups excluding carboxylic acids is 1. The number of rotatable bonds is 4. The maximum absolute atomic E-state index is 12.9. The summed E-state index contributed by atoms with van der Waals surface area (Å²) in [5.41, 5.74) is 3.14. The second-order valence-corrected chi connectivity index (χ2v) is 7.85.